The molecule has 1 aromatic heterocycles. The van der Waals surface area contributed by atoms with E-state index in [1.54, 1.807) is 11.5 Å². The van der Waals surface area contributed by atoms with Crippen molar-refractivity contribution in [1.29, 1.82) is 0 Å². The summed E-state index contributed by atoms with van der Waals surface area (Å²) < 4.78 is 4.62. The standard InChI is InChI=1S/C34H39N3S/c1-5-31-23-34(38-35-31)30-12-9-13-33(22-30)37(25(2)27-10-7-6-8-11-27)24-26-14-16-28(17-15-26)29-18-20-32(21-19-29)36(3)4/h9,12-23,27H,2,5-8,10-11,24H2,1,3-4H3. The van der Waals surface area contributed by atoms with E-state index >= 15 is 0 Å². The summed E-state index contributed by atoms with van der Waals surface area (Å²) in [7, 11) is 4.15. The number of allylic oxidation sites excluding steroid dienone is 1. The Morgan fingerprint density at radius 1 is 0.842 bits per heavy atom. The van der Waals surface area contributed by atoms with Crippen LogP contribution in [0.1, 0.15) is 50.3 Å². The van der Waals surface area contributed by atoms with E-state index < -0.39 is 0 Å². The first-order valence-electron chi connectivity index (χ1n) is 13.9. The molecule has 1 saturated carbocycles. The average Bonchev–Trinajstić information content (AvgIpc) is 3.46. The van der Waals surface area contributed by atoms with Crippen LogP contribution < -0.4 is 9.80 Å². The van der Waals surface area contributed by atoms with Crippen LogP contribution in [0.15, 0.2) is 91.1 Å². The number of rotatable bonds is 9. The molecule has 0 saturated heterocycles. The Morgan fingerprint density at radius 3 is 2.16 bits per heavy atom. The lowest BCUT2D eigenvalue weighted by Gasteiger charge is -2.34. The predicted molar refractivity (Wildman–Crippen MR) is 165 cm³/mol. The second kappa shape index (κ2) is 12.0. The molecule has 3 aromatic carbocycles. The molecule has 0 unspecified atom stereocenters. The van der Waals surface area contributed by atoms with Gasteiger partial charge in [0, 0.05) is 37.7 Å². The normalized spacial score (nSPS) is 13.9. The van der Waals surface area contributed by atoms with Gasteiger partial charge in [-0.25, -0.2) is 0 Å². The van der Waals surface area contributed by atoms with Gasteiger partial charge in [0.15, 0.2) is 0 Å². The average molecular weight is 522 g/mol. The fourth-order valence-electron chi connectivity index (χ4n) is 5.39. The number of aromatic nitrogens is 1. The molecule has 0 spiro atoms. The van der Waals surface area contributed by atoms with Crippen molar-refractivity contribution in [1.82, 2.24) is 4.37 Å². The summed E-state index contributed by atoms with van der Waals surface area (Å²) in [5, 5.41) is 0. The van der Waals surface area contributed by atoms with Crippen molar-refractivity contribution in [3.8, 4) is 21.6 Å². The Bertz CT molecular complexity index is 1350. The van der Waals surface area contributed by atoms with E-state index in [1.165, 1.54) is 76.3 Å². The van der Waals surface area contributed by atoms with Crippen LogP contribution in [0.5, 0.6) is 0 Å². The van der Waals surface area contributed by atoms with Gasteiger partial charge in [-0.2, -0.15) is 4.37 Å². The second-order valence-electron chi connectivity index (χ2n) is 10.6. The monoisotopic (exact) mass is 521 g/mol. The molecule has 0 atom stereocenters. The van der Waals surface area contributed by atoms with Gasteiger partial charge in [-0.05, 0) is 89.3 Å². The van der Waals surface area contributed by atoms with E-state index in [2.05, 4.69) is 121 Å². The van der Waals surface area contributed by atoms with Crippen LogP contribution in [0.4, 0.5) is 11.4 Å². The molecular weight excluding hydrogens is 482 g/mol. The molecule has 1 aliphatic rings. The van der Waals surface area contributed by atoms with Crippen molar-refractivity contribution in [3.05, 3.63) is 102 Å². The molecule has 4 heteroatoms. The van der Waals surface area contributed by atoms with Crippen molar-refractivity contribution in [2.75, 3.05) is 23.9 Å². The number of benzene rings is 3. The summed E-state index contributed by atoms with van der Waals surface area (Å²) >= 11 is 1.60. The highest BCUT2D eigenvalue weighted by atomic mass is 32.1. The third-order valence-corrected chi connectivity index (χ3v) is 8.67. The van der Waals surface area contributed by atoms with Crippen molar-refractivity contribution < 1.29 is 0 Å². The highest BCUT2D eigenvalue weighted by Gasteiger charge is 2.23. The lowest BCUT2D eigenvalue weighted by atomic mass is 9.86. The second-order valence-corrected chi connectivity index (χ2v) is 11.4. The van der Waals surface area contributed by atoms with E-state index in [4.69, 9.17) is 0 Å². The molecule has 0 amide bonds. The SMILES string of the molecule is C=C(C1CCCCC1)N(Cc1ccc(-c2ccc(N(C)C)cc2)cc1)c1cccc(-c2cc(CC)ns2)c1. The van der Waals surface area contributed by atoms with Gasteiger partial charge >= 0.3 is 0 Å². The quantitative estimate of drug-likeness (QED) is 0.219. The summed E-state index contributed by atoms with van der Waals surface area (Å²) in [5.41, 5.74) is 9.87. The smallest absolute Gasteiger partial charge is 0.0553 e. The van der Waals surface area contributed by atoms with Gasteiger partial charge in [0.05, 0.1) is 10.6 Å². The van der Waals surface area contributed by atoms with Crippen LogP contribution >= 0.6 is 11.5 Å². The molecule has 1 fully saturated rings. The minimum Gasteiger partial charge on any atom is -0.378 e. The molecule has 0 aliphatic heterocycles. The van der Waals surface area contributed by atoms with Gasteiger partial charge in [-0.1, -0.05) is 81.3 Å². The Hall–Kier alpha value is -3.37. The summed E-state index contributed by atoms with van der Waals surface area (Å²) in [6.07, 6.45) is 7.41. The first-order chi connectivity index (χ1) is 18.5. The summed E-state index contributed by atoms with van der Waals surface area (Å²) in [5.74, 6) is 0.553. The molecule has 0 N–H and O–H groups in total. The topological polar surface area (TPSA) is 19.4 Å². The van der Waals surface area contributed by atoms with E-state index in [1.807, 2.05) is 0 Å². The van der Waals surface area contributed by atoms with E-state index in [0.717, 1.165) is 18.7 Å². The van der Waals surface area contributed by atoms with E-state index in [9.17, 15) is 0 Å². The molecule has 0 bridgehead atoms. The lowest BCUT2D eigenvalue weighted by molar-refractivity contribution is 0.396. The Labute approximate surface area is 232 Å². The van der Waals surface area contributed by atoms with Crippen LogP contribution in [0, 0.1) is 5.92 Å². The number of nitrogens with zero attached hydrogens (tertiary/aromatic N) is 3. The maximum absolute atomic E-state index is 4.67. The van der Waals surface area contributed by atoms with Crippen LogP contribution in [0.3, 0.4) is 0 Å². The minimum atomic E-state index is 0.553. The van der Waals surface area contributed by atoms with Gasteiger partial charge in [0.2, 0.25) is 0 Å². The van der Waals surface area contributed by atoms with Crippen molar-refractivity contribution in [3.63, 3.8) is 0 Å². The van der Waals surface area contributed by atoms with E-state index in [-0.39, 0.29) is 0 Å². The number of hydrogen-bond acceptors (Lipinski definition) is 4. The zero-order valence-corrected chi connectivity index (χ0v) is 23.8. The molecule has 3 nitrogen and oxygen atoms in total. The number of aryl methyl sites for hydroxylation is 1. The van der Waals surface area contributed by atoms with Gasteiger partial charge in [-0.15, -0.1) is 0 Å². The molecule has 1 aliphatic carbocycles. The number of anilines is 2. The summed E-state index contributed by atoms with van der Waals surface area (Å²) in [4.78, 5) is 5.83. The maximum Gasteiger partial charge on any atom is 0.0553 e. The summed E-state index contributed by atoms with van der Waals surface area (Å²) in [6.45, 7) is 7.65. The minimum absolute atomic E-state index is 0.553. The Kier molecular flexibility index (Phi) is 8.29. The first kappa shape index (κ1) is 26.2. The van der Waals surface area contributed by atoms with Gasteiger partial charge in [0.25, 0.3) is 0 Å². The third kappa shape index (κ3) is 6.02. The fraction of sp³-hybridized carbons (Fsp3) is 0.324. The molecule has 38 heavy (non-hydrogen) atoms. The molecule has 5 rings (SSSR count). The van der Waals surface area contributed by atoms with Crippen LogP contribution in [0.25, 0.3) is 21.6 Å². The van der Waals surface area contributed by atoms with Crippen LogP contribution in [0.2, 0.25) is 0 Å². The van der Waals surface area contributed by atoms with Crippen LogP contribution in [-0.2, 0) is 13.0 Å². The van der Waals surface area contributed by atoms with Gasteiger partial charge in [0.1, 0.15) is 0 Å². The first-order valence-corrected chi connectivity index (χ1v) is 14.7. The largest absolute Gasteiger partial charge is 0.378 e. The lowest BCUT2D eigenvalue weighted by Crippen LogP contribution is -2.27. The Balaban J connectivity index is 1.41. The predicted octanol–water partition coefficient (Wildman–Crippen LogP) is 9.21. The third-order valence-electron chi connectivity index (χ3n) is 7.80. The van der Waals surface area contributed by atoms with Gasteiger partial charge in [-0.3, -0.25) is 0 Å². The van der Waals surface area contributed by atoms with Gasteiger partial charge < -0.3 is 9.80 Å². The zero-order chi connectivity index (χ0) is 26.5. The van der Waals surface area contributed by atoms with E-state index in [0.29, 0.717) is 5.92 Å². The highest BCUT2D eigenvalue weighted by molar-refractivity contribution is 7.09. The molecule has 4 aromatic rings. The summed E-state index contributed by atoms with van der Waals surface area (Å²) in [6, 6.07) is 29.0. The number of hydrogen-bond donors (Lipinski definition) is 0. The molecular formula is C34H39N3S. The van der Waals surface area contributed by atoms with Crippen molar-refractivity contribution in [2.45, 2.75) is 52.0 Å². The Morgan fingerprint density at radius 2 is 1.53 bits per heavy atom. The van der Waals surface area contributed by atoms with Crippen LogP contribution in [-0.4, -0.2) is 18.5 Å². The fourth-order valence-corrected chi connectivity index (χ4v) is 6.21. The molecule has 0 radical (unpaired) electrons. The zero-order valence-electron chi connectivity index (χ0n) is 23.0. The highest BCUT2D eigenvalue weighted by Crippen LogP contribution is 2.36. The molecule has 1 heterocycles. The molecule has 196 valence electrons. The van der Waals surface area contributed by atoms with Crippen molar-refractivity contribution >= 4 is 22.9 Å². The maximum atomic E-state index is 4.67. The van der Waals surface area contributed by atoms with Crippen molar-refractivity contribution in [2.24, 2.45) is 5.92 Å².